The molecule has 0 unspecified atom stereocenters. The van der Waals surface area contributed by atoms with Gasteiger partial charge in [0.25, 0.3) is 0 Å². The molecule has 7 aromatic carbocycles. The van der Waals surface area contributed by atoms with E-state index >= 15 is 0 Å². The molecule has 0 aliphatic carbocycles. The Morgan fingerprint density at radius 2 is 0.889 bits per heavy atom. The number of aromatic nitrogens is 3. The first-order valence-electron chi connectivity index (χ1n) is 15.5. The fraction of sp³-hybridized carbons (Fsp3) is 0. The first kappa shape index (κ1) is 24.4. The van der Waals surface area contributed by atoms with Crippen LogP contribution in [0.1, 0.15) is 0 Å². The molecule has 0 aliphatic heterocycles. The highest BCUT2D eigenvalue weighted by Gasteiger charge is 2.18. The summed E-state index contributed by atoms with van der Waals surface area (Å²) in [6.07, 6.45) is 0. The number of benzene rings is 7. The molecule has 0 atom stereocenters. The van der Waals surface area contributed by atoms with E-state index < -0.39 is 0 Å². The number of rotatable bonds is 3. The SMILES string of the molecule is c1ccc(-n2c3ccccc3c3cc(-c4ccc5[nH]c6c(ccc7c6c6ccccc6n7-c6ccccc6)c5c4)ccc32)cc1. The maximum Gasteiger partial charge on any atom is 0.0566 e. The van der Waals surface area contributed by atoms with E-state index in [9.17, 15) is 0 Å². The van der Waals surface area contributed by atoms with Gasteiger partial charge >= 0.3 is 0 Å². The standard InChI is InChI=1S/C42H27N3/c1-3-11-29(12-4-1)44-37-17-9-7-15-31(37)35-26-28(20-23-39(35)44)27-19-22-36-34(25-27)32-21-24-40-41(42(32)43-36)33-16-8-10-18-38(33)45(40)30-13-5-2-6-14-30/h1-26,43H. The molecule has 0 radical (unpaired) electrons. The molecule has 1 N–H and O–H groups in total. The van der Waals surface area contributed by atoms with Gasteiger partial charge in [0.1, 0.15) is 0 Å². The van der Waals surface area contributed by atoms with Crippen LogP contribution in [0.4, 0.5) is 0 Å². The molecule has 0 saturated carbocycles. The third-order valence-electron chi connectivity index (χ3n) is 9.44. The van der Waals surface area contributed by atoms with Crippen molar-refractivity contribution in [2.45, 2.75) is 0 Å². The predicted octanol–water partition coefficient (Wildman–Crippen LogP) is 11.2. The van der Waals surface area contributed by atoms with Crippen LogP contribution in [-0.2, 0) is 0 Å². The molecule has 0 saturated heterocycles. The van der Waals surface area contributed by atoms with Crippen LogP contribution in [0.2, 0.25) is 0 Å². The minimum Gasteiger partial charge on any atom is -0.354 e. The summed E-state index contributed by atoms with van der Waals surface area (Å²) in [5.74, 6) is 0. The van der Waals surface area contributed by atoms with Crippen molar-refractivity contribution in [3.63, 3.8) is 0 Å². The highest BCUT2D eigenvalue weighted by molar-refractivity contribution is 6.25. The van der Waals surface area contributed by atoms with E-state index in [2.05, 4.69) is 172 Å². The summed E-state index contributed by atoms with van der Waals surface area (Å²) in [5.41, 5.74) is 12.0. The molecule has 0 aliphatic rings. The number of hydrogen-bond acceptors (Lipinski definition) is 0. The van der Waals surface area contributed by atoms with Crippen molar-refractivity contribution in [1.82, 2.24) is 14.1 Å². The number of nitrogens with one attached hydrogen (secondary N) is 1. The maximum absolute atomic E-state index is 3.82. The zero-order valence-corrected chi connectivity index (χ0v) is 24.4. The molecule has 3 heterocycles. The molecular formula is C42H27N3. The van der Waals surface area contributed by atoms with Gasteiger partial charge in [-0.1, -0.05) is 91.0 Å². The van der Waals surface area contributed by atoms with Crippen LogP contribution in [0.25, 0.3) is 87.9 Å². The second kappa shape index (κ2) is 9.22. The minimum absolute atomic E-state index is 1.15. The third kappa shape index (κ3) is 3.46. The van der Waals surface area contributed by atoms with Crippen molar-refractivity contribution in [1.29, 1.82) is 0 Å². The van der Waals surface area contributed by atoms with Gasteiger partial charge in [-0.2, -0.15) is 0 Å². The lowest BCUT2D eigenvalue weighted by Gasteiger charge is -2.08. The highest BCUT2D eigenvalue weighted by atomic mass is 15.0. The average molecular weight is 574 g/mol. The molecule has 10 rings (SSSR count). The number of para-hydroxylation sites is 4. The number of hydrogen-bond donors (Lipinski definition) is 1. The smallest absolute Gasteiger partial charge is 0.0566 e. The van der Waals surface area contributed by atoms with Crippen LogP contribution in [-0.4, -0.2) is 14.1 Å². The molecular weight excluding hydrogens is 546 g/mol. The van der Waals surface area contributed by atoms with Crippen LogP contribution in [0.3, 0.4) is 0 Å². The first-order valence-corrected chi connectivity index (χ1v) is 15.5. The van der Waals surface area contributed by atoms with Crippen molar-refractivity contribution in [2.75, 3.05) is 0 Å². The lowest BCUT2D eigenvalue weighted by atomic mass is 10.00. The van der Waals surface area contributed by atoms with Gasteiger partial charge in [0.15, 0.2) is 0 Å². The largest absolute Gasteiger partial charge is 0.354 e. The van der Waals surface area contributed by atoms with Crippen LogP contribution < -0.4 is 0 Å². The molecule has 0 spiro atoms. The monoisotopic (exact) mass is 573 g/mol. The summed E-state index contributed by atoms with van der Waals surface area (Å²) >= 11 is 0. The minimum atomic E-state index is 1.15. The Morgan fingerprint density at radius 3 is 1.62 bits per heavy atom. The van der Waals surface area contributed by atoms with Crippen molar-refractivity contribution in [2.24, 2.45) is 0 Å². The Bertz CT molecular complexity index is 2740. The van der Waals surface area contributed by atoms with Gasteiger partial charge in [-0.05, 0) is 77.9 Å². The number of nitrogens with zero attached hydrogens (tertiary/aromatic N) is 2. The zero-order chi connectivity index (χ0) is 29.5. The fourth-order valence-corrected chi connectivity index (χ4v) is 7.47. The number of fused-ring (bicyclic) bond motifs is 10. The van der Waals surface area contributed by atoms with Gasteiger partial charge in [-0.25, -0.2) is 0 Å². The molecule has 0 amide bonds. The van der Waals surface area contributed by atoms with E-state index in [-0.39, 0.29) is 0 Å². The van der Waals surface area contributed by atoms with Crippen LogP contribution in [0.5, 0.6) is 0 Å². The fourth-order valence-electron chi connectivity index (χ4n) is 7.47. The van der Waals surface area contributed by atoms with Gasteiger partial charge in [0.2, 0.25) is 0 Å². The van der Waals surface area contributed by atoms with Gasteiger partial charge in [0.05, 0.1) is 27.6 Å². The van der Waals surface area contributed by atoms with E-state index in [4.69, 9.17) is 0 Å². The number of aromatic amines is 1. The molecule has 3 aromatic heterocycles. The van der Waals surface area contributed by atoms with Crippen molar-refractivity contribution in [3.8, 4) is 22.5 Å². The summed E-state index contributed by atoms with van der Waals surface area (Å²) in [4.78, 5) is 3.82. The van der Waals surface area contributed by atoms with Crippen LogP contribution in [0.15, 0.2) is 158 Å². The average Bonchev–Trinajstić information content (AvgIpc) is 3.76. The molecule has 10 aromatic rings. The Balaban J connectivity index is 1.19. The van der Waals surface area contributed by atoms with Crippen LogP contribution in [0, 0.1) is 0 Å². The Morgan fingerprint density at radius 1 is 0.356 bits per heavy atom. The molecule has 0 bridgehead atoms. The first-order chi connectivity index (χ1) is 22.3. The van der Waals surface area contributed by atoms with E-state index in [0.717, 1.165) is 5.52 Å². The lowest BCUT2D eigenvalue weighted by Crippen LogP contribution is -1.92. The van der Waals surface area contributed by atoms with Crippen LogP contribution >= 0.6 is 0 Å². The summed E-state index contributed by atoms with van der Waals surface area (Å²) < 4.78 is 4.75. The maximum atomic E-state index is 3.82. The van der Waals surface area contributed by atoms with Crippen molar-refractivity contribution >= 4 is 65.4 Å². The molecule has 0 fully saturated rings. The Hall–Kier alpha value is -6.06. The summed E-state index contributed by atoms with van der Waals surface area (Å²) in [6.45, 7) is 0. The van der Waals surface area contributed by atoms with Crippen molar-refractivity contribution in [3.05, 3.63) is 158 Å². The Labute approximate surface area is 259 Å². The third-order valence-corrected chi connectivity index (χ3v) is 9.44. The Kier molecular flexibility index (Phi) is 5.00. The van der Waals surface area contributed by atoms with Gasteiger partial charge in [0, 0.05) is 49.2 Å². The molecule has 3 heteroatoms. The molecule has 210 valence electrons. The number of H-pyrrole nitrogens is 1. The highest BCUT2D eigenvalue weighted by Crippen LogP contribution is 2.40. The molecule has 3 nitrogen and oxygen atoms in total. The summed E-state index contributed by atoms with van der Waals surface area (Å²) in [5, 5.41) is 7.55. The second-order valence-electron chi connectivity index (χ2n) is 11.9. The molecule has 45 heavy (non-hydrogen) atoms. The van der Waals surface area contributed by atoms with E-state index in [0.29, 0.717) is 0 Å². The van der Waals surface area contributed by atoms with Crippen molar-refractivity contribution < 1.29 is 0 Å². The van der Waals surface area contributed by atoms with Gasteiger partial charge in [-0.15, -0.1) is 0 Å². The topological polar surface area (TPSA) is 25.6 Å². The zero-order valence-electron chi connectivity index (χ0n) is 24.4. The van der Waals surface area contributed by atoms with E-state index in [1.165, 1.54) is 82.4 Å². The van der Waals surface area contributed by atoms with E-state index in [1.54, 1.807) is 0 Å². The quantitative estimate of drug-likeness (QED) is 0.218. The second-order valence-corrected chi connectivity index (χ2v) is 11.9. The lowest BCUT2D eigenvalue weighted by molar-refractivity contribution is 1.18. The normalized spacial score (nSPS) is 12.0. The summed E-state index contributed by atoms with van der Waals surface area (Å²) in [7, 11) is 0. The van der Waals surface area contributed by atoms with Gasteiger partial charge < -0.3 is 14.1 Å². The van der Waals surface area contributed by atoms with Gasteiger partial charge in [-0.3, -0.25) is 0 Å². The summed E-state index contributed by atoms with van der Waals surface area (Å²) in [6, 6.07) is 57.1. The predicted molar refractivity (Wildman–Crippen MR) is 190 cm³/mol. The van der Waals surface area contributed by atoms with E-state index in [1.807, 2.05) is 0 Å².